The number of rotatable bonds is 13. The molecule has 14 heteroatoms. The molecule has 1 saturated heterocycles. The minimum absolute atomic E-state index is 0.000451. The molecule has 0 saturated carbocycles. The van der Waals surface area contributed by atoms with Crippen molar-refractivity contribution in [2.45, 2.75) is 83.2 Å². The Morgan fingerprint density at radius 2 is 1.78 bits per heavy atom. The van der Waals surface area contributed by atoms with Crippen LogP contribution in [-0.2, 0) is 35.3 Å². The highest BCUT2D eigenvalue weighted by molar-refractivity contribution is 5.95. The van der Waals surface area contributed by atoms with Gasteiger partial charge in [-0.25, -0.2) is 9.59 Å². The van der Waals surface area contributed by atoms with Crippen LogP contribution in [0.5, 0.6) is 0 Å². The van der Waals surface area contributed by atoms with Crippen molar-refractivity contribution in [1.82, 2.24) is 15.5 Å². The molecule has 1 heterocycles. The van der Waals surface area contributed by atoms with Crippen LogP contribution in [0.2, 0.25) is 0 Å². The third-order valence-corrected chi connectivity index (χ3v) is 6.05. The van der Waals surface area contributed by atoms with E-state index in [1.165, 1.54) is 4.90 Å². The van der Waals surface area contributed by atoms with Crippen LogP contribution in [0, 0.1) is 0 Å². The summed E-state index contributed by atoms with van der Waals surface area (Å²) in [7, 11) is 0. The highest BCUT2D eigenvalue weighted by atomic mass is 16.6. The molecule has 14 nitrogen and oxygen atoms in total. The van der Waals surface area contributed by atoms with Gasteiger partial charge in [0.05, 0.1) is 13.0 Å². The first-order valence-corrected chi connectivity index (χ1v) is 13.4. The van der Waals surface area contributed by atoms with Crippen molar-refractivity contribution in [3.63, 3.8) is 0 Å². The van der Waals surface area contributed by atoms with Crippen LogP contribution in [0.25, 0.3) is 0 Å². The number of likely N-dealkylation sites (tertiary alicyclic amines) is 1. The maximum absolute atomic E-state index is 13.6. The van der Waals surface area contributed by atoms with Gasteiger partial charge < -0.3 is 30.1 Å². The summed E-state index contributed by atoms with van der Waals surface area (Å²) in [6, 6.07) is 5.38. The Kier molecular flexibility index (Phi) is 12.4. The molecular formula is C27H41N6O8+. The van der Waals surface area contributed by atoms with E-state index in [0.29, 0.717) is 19.4 Å². The number of ether oxygens (including phenoxy) is 2. The number of benzene rings is 1. The molecular weight excluding hydrogens is 536 g/mol. The fourth-order valence-electron chi connectivity index (χ4n) is 4.18. The number of esters is 1. The number of carbonyl (C=O) groups is 5. The lowest BCUT2D eigenvalue weighted by atomic mass is 10.1. The van der Waals surface area contributed by atoms with Crippen molar-refractivity contribution in [3.8, 4) is 0 Å². The number of carboxylic acids is 1. The van der Waals surface area contributed by atoms with Gasteiger partial charge in [-0.1, -0.05) is 30.3 Å². The average Bonchev–Trinajstić information content (AvgIpc) is 3.38. The molecule has 0 aromatic heterocycles. The molecule has 41 heavy (non-hydrogen) atoms. The second-order valence-electron chi connectivity index (χ2n) is 10.7. The minimum Gasteiger partial charge on any atom is -0.480 e. The normalized spacial score (nSPS) is 16.2. The number of carbonyl (C=O) groups excluding carboxylic acids is 4. The van der Waals surface area contributed by atoms with Crippen molar-refractivity contribution in [1.29, 1.82) is 0 Å². The number of hydrogen-bond acceptors (Lipinski definition) is 7. The summed E-state index contributed by atoms with van der Waals surface area (Å²) in [5, 5.41) is 14.5. The average molecular weight is 578 g/mol. The van der Waals surface area contributed by atoms with Gasteiger partial charge in [0.1, 0.15) is 30.3 Å². The van der Waals surface area contributed by atoms with Gasteiger partial charge in [-0.05, 0) is 52.0 Å². The lowest BCUT2D eigenvalue weighted by Gasteiger charge is -2.29. The molecule has 1 fully saturated rings. The number of nitrogens with zero attached hydrogens (tertiary/aromatic N) is 1. The first-order valence-electron chi connectivity index (χ1n) is 13.4. The monoisotopic (exact) mass is 577 g/mol. The number of carboxylic acid groups (broad SMARTS) is 1. The van der Waals surface area contributed by atoms with Crippen LogP contribution in [0.15, 0.2) is 30.3 Å². The van der Waals surface area contributed by atoms with Gasteiger partial charge in [0, 0.05) is 6.54 Å². The van der Waals surface area contributed by atoms with Gasteiger partial charge in [0.2, 0.25) is 11.8 Å². The highest BCUT2D eigenvalue weighted by Gasteiger charge is 2.40. The summed E-state index contributed by atoms with van der Waals surface area (Å²) in [5.41, 5.74) is 10.5. The van der Waals surface area contributed by atoms with Gasteiger partial charge in [0.25, 0.3) is 0 Å². The first-order chi connectivity index (χ1) is 19.3. The Hall–Kier alpha value is -4.36. The second kappa shape index (κ2) is 15.4. The summed E-state index contributed by atoms with van der Waals surface area (Å²) in [5.74, 6) is -3.30. The standard InChI is InChI=1S/C27H40N6O8/c1-27(2,3)41-26(39)32-19(15-21(34)40-16-17-9-5-4-6-10-17)23(36)33-14-8-12-20(33)22(35)31-18(24(37)38)11-7-13-30-25(28)29/h4-6,9-10,18-20H,7-8,11-16H2,1-3H3,(H,31,35)(H,32,39)(H,37,38)(H4,28,29,30)/p+1. The molecule has 1 aromatic rings. The lowest BCUT2D eigenvalue weighted by Crippen LogP contribution is -2.78. The van der Waals surface area contributed by atoms with Crippen molar-refractivity contribution in [3.05, 3.63) is 35.9 Å². The van der Waals surface area contributed by atoms with Gasteiger partial charge in [0.15, 0.2) is 0 Å². The molecule has 0 radical (unpaired) electrons. The molecule has 1 aromatic carbocycles. The van der Waals surface area contributed by atoms with E-state index in [2.05, 4.69) is 15.6 Å². The number of nitrogens with one attached hydrogen (secondary N) is 3. The van der Waals surface area contributed by atoms with Crippen molar-refractivity contribution in [2.24, 2.45) is 11.5 Å². The maximum Gasteiger partial charge on any atom is 0.408 e. The summed E-state index contributed by atoms with van der Waals surface area (Å²) in [4.78, 5) is 67.5. The van der Waals surface area contributed by atoms with E-state index < -0.39 is 60.0 Å². The number of hydrogen-bond donors (Lipinski definition) is 6. The quantitative estimate of drug-likeness (QED) is 0.0705. The van der Waals surface area contributed by atoms with Crippen LogP contribution >= 0.6 is 0 Å². The lowest BCUT2D eigenvalue weighted by molar-refractivity contribution is -0.459. The van der Waals surface area contributed by atoms with Crippen LogP contribution in [0.3, 0.4) is 0 Å². The molecule has 8 N–H and O–H groups in total. The fraction of sp³-hybridized carbons (Fsp3) is 0.556. The third kappa shape index (κ3) is 11.7. The Balaban J connectivity index is 2.12. The molecule has 1 aliphatic rings. The van der Waals surface area contributed by atoms with Gasteiger partial charge in [-0.2, -0.15) is 0 Å². The molecule has 0 bridgehead atoms. The van der Waals surface area contributed by atoms with E-state index in [1.54, 1.807) is 45.0 Å². The zero-order chi connectivity index (χ0) is 30.6. The molecule has 2 rings (SSSR count). The zero-order valence-electron chi connectivity index (χ0n) is 23.7. The van der Waals surface area contributed by atoms with Crippen LogP contribution < -0.4 is 27.1 Å². The predicted octanol–water partition coefficient (Wildman–Crippen LogP) is -1.29. The maximum atomic E-state index is 13.6. The number of nitrogens with two attached hydrogens (primary N) is 2. The Labute approximate surface area is 238 Å². The summed E-state index contributed by atoms with van der Waals surface area (Å²) in [6.07, 6.45) is -0.215. The smallest absolute Gasteiger partial charge is 0.408 e. The van der Waals surface area contributed by atoms with E-state index in [4.69, 9.17) is 20.9 Å². The van der Waals surface area contributed by atoms with E-state index in [9.17, 15) is 29.1 Å². The van der Waals surface area contributed by atoms with Gasteiger partial charge in [-0.3, -0.25) is 30.8 Å². The molecule has 1 aliphatic heterocycles. The number of aliphatic carboxylic acids is 1. The van der Waals surface area contributed by atoms with Crippen LogP contribution in [0.4, 0.5) is 4.79 Å². The van der Waals surface area contributed by atoms with Crippen molar-refractivity contribution in [2.75, 3.05) is 13.1 Å². The Bertz CT molecular complexity index is 1100. The molecule has 226 valence electrons. The van der Waals surface area contributed by atoms with Crippen LogP contribution in [0.1, 0.15) is 58.4 Å². The molecule has 3 atom stereocenters. The Morgan fingerprint density at radius 3 is 2.39 bits per heavy atom. The largest absolute Gasteiger partial charge is 0.480 e. The van der Waals surface area contributed by atoms with Crippen molar-refractivity contribution < 1.29 is 43.5 Å². The zero-order valence-corrected chi connectivity index (χ0v) is 23.7. The van der Waals surface area contributed by atoms with E-state index >= 15 is 0 Å². The first kappa shape index (κ1) is 32.8. The van der Waals surface area contributed by atoms with Crippen molar-refractivity contribution >= 4 is 35.8 Å². The van der Waals surface area contributed by atoms with E-state index in [0.717, 1.165) is 5.56 Å². The third-order valence-electron chi connectivity index (χ3n) is 6.05. The Morgan fingerprint density at radius 1 is 1.10 bits per heavy atom. The topological polar surface area (TPSA) is 217 Å². The summed E-state index contributed by atoms with van der Waals surface area (Å²) in [6.45, 7) is 5.41. The molecule has 0 aliphatic carbocycles. The van der Waals surface area contributed by atoms with Crippen LogP contribution in [-0.4, -0.2) is 82.6 Å². The van der Waals surface area contributed by atoms with Gasteiger partial charge in [-0.15, -0.1) is 0 Å². The molecule has 0 spiro atoms. The molecule has 3 amide bonds. The predicted molar refractivity (Wildman–Crippen MR) is 147 cm³/mol. The second-order valence-corrected chi connectivity index (χ2v) is 10.7. The number of guanidine groups is 1. The number of amides is 3. The van der Waals surface area contributed by atoms with E-state index in [1.807, 2.05) is 6.07 Å². The molecule has 3 unspecified atom stereocenters. The van der Waals surface area contributed by atoms with Gasteiger partial charge >= 0.3 is 24.0 Å². The number of alkyl carbamates (subject to hydrolysis) is 1. The minimum atomic E-state index is -1.37. The SMILES string of the molecule is CC(C)(C)OC(=O)NC(CC(=O)OCc1ccccc1)C(=O)N1CCCC1C(=O)NC(CCC[NH+]=C(N)N)C(=O)O. The summed E-state index contributed by atoms with van der Waals surface area (Å²) < 4.78 is 10.6. The highest BCUT2D eigenvalue weighted by Crippen LogP contribution is 2.20. The van der Waals surface area contributed by atoms with E-state index in [-0.39, 0.29) is 32.0 Å². The summed E-state index contributed by atoms with van der Waals surface area (Å²) >= 11 is 0. The fourth-order valence-corrected chi connectivity index (χ4v) is 4.18.